The van der Waals surface area contributed by atoms with Gasteiger partial charge in [-0.2, -0.15) is 0 Å². The third-order valence-electron chi connectivity index (χ3n) is 2.89. The molecule has 0 bridgehead atoms. The zero-order chi connectivity index (χ0) is 14.4. The Morgan fingerprint density at radius 1 is 1.35 bits per heavy atom. The number of nitrogens with one attached hydrogen (secondary N) is 2. The van der Waals surface area contributed by atoms with Gasteiger partial charge in [-0.3, -0.25) is 0 Å². The van der Waals surface area contributed by atoms with E-state index in [1.54, 1.807) is 11.3 Å². The molecule has 1 atom stereocenters. The van der Waals surface area contributed by atoms with Gasteiger partial charge in [0, 0.05) is 10.9 Å². The van der Waals surface area contributed by atoms with Crippen molar-refractivity contribution < 1.29 is 4.42 Å². The van der Waals surface area contributed by atoms with Crippen molar-refractivity contribution in [3.63, 3.8) is 0 Å². The van der Waals surface area contributed by atoms with Crippen LogP contribution >= 0.6 is 11.3 Å². The van der Waals surface area contributed by atoms with Gasteiger partial charge in [0.05, 0.1) is 12.6 Å². The highest BCUT2D eigenvalue weighted by atomic mass is 32.1. The van der Waals surface area contributed by atoms with Crippen LogP contribution in [-0.2, 0) is 6.54 Å². The lowest BCUT2D eigenvalue weighted by Crippen LogP contribution is -2.21. The molecule has 110 valence electrons. The fourth-order valence-corrected chi connectivity index (χ4v) is 2.70. The molecule has 0 aliphatic carbocycles. The molecule has 0 saturated heterocycles. The molecule has 0 fully saturated rings. The molecule has 0 saturated carbocycles. The van der Waals surface area contributed by atoms with Crippen LogP contribution in [0.2, 0.25) is 0 Å². The Balaban J connectivity index is 1.97. The number of aromatic nitrogens is 2. The van der Waals surface area contributed by atoms with Gasteiger partial charge in [-0.25, -0.2) is 0 Å². The number of anilines is 1. The van der Waals surface area contributed by atoms with Crippen molar-refractivity contribution in [3.8, 4) is 0 Å². The van der Waals surface area contributed by atoms with E-state index < -0.39 is 0 Å². The van der Waals surface area contributed by atoms with Gasteiger partial charge in [-0.05, 0) is 17.9 Å². The molecular formula is C14H22N4OS. The maximum Gasteiger partial charge on any atom is 0.316 e. The molecule has 5 nitrogen and oxygen atoms in total. The Bertz CT molecular complexity index is 495. The first-order valence-electron chi connectivity index (χ1n) is 7.04. The Hall–Kier alpha value is -1.40. The van der Waals surface area contributed by atoms with Gasteiger partial charge in [0.25, 0.3) is 0 Å². The average molecular weight is 294 g/mol. The smallest absolute Gasteiger partial charge is 0.316 e. The Morgan fingerprint density at radius 2 is 2.20 bits per heavy atom. The normalized spacial score (nSPS) is 12.8. The van der Waals surface area contributed by atoms with Gasteiger partial charge >= 0.3 is 6.01 Å². The van der Waals surface area contributed by atoms with Crippen LogP contribution in [0.25, 0.3) is 0 Å². The summed E-state index contributed by atoms with van der Waals surface area (Å²) in [7, 11) is 0. The highest BCUT2D eigenvalue weighted by molar-refractivity contribution is 7.10. The van der Waals surface area contributed by atoms with Gasteiger partial charge in [-0.15, -0.1) is 16.4 Å². The third kappa shape index (κ3) is 4.31. The molecule has 0 aromatic carbocycles. The molecule has 0 aliphatic heterocycles. The molecule has 0 radical (unpaired) electrons. The van der Waals surface area contributed by atoms with E-state index in [1.165, 1.54) is 4.88 Å². The highest BCUT2D eigenvalue weighted by Crippen LogP contribution is 2.26. The second-order valence-electron chi connectivity index (χ2n) is 5.04. The van der Waals surface area contributed by atoms with Gasteiger partial charge < -0.3 is 15.1 Å². The second kappa shape index (κ2) is 7.40. The largest absolute Gasteiger partial charge is 0.407 e. The fourth-order valence-electron chi connectivity index (χ4n) is 1.89. The molecule has 2 N–H and O–H groups in total. The van der Waals surface area contributed by atoms with E-state index in [9.17, 15) is 0 Å². The minimum absolute atomic E-state index is 0.242. The summed E-state index contributed by atoms with van der Waals surface area (Å²) >= 11 is 1.75. The Morgan fingerprint density at radius 3 is 2.85 bits per heavy atom. The molecule has 2 aromatic rings. The SMILES string of the molecule is CCCC(Nc1nnc(CNC(C)C)o1)c1cccs1. The molecule has 0 aliphatic rings. The maximum absolute atomic E-state index is 5.62. The van der Waals surface area contributed by atoms with Crippen molar-refractivity contribution in [1.29, 1.82) is 0 Å². The summed E-state index contributed by atoms with van der Waals surface area (Å²) in [6, 6.07) is 5.34. The molecule has 0 spiro atoms. The molecule has 1 unspecified atom stereocenters. The van der Waals surface area contributed by atoms with E-state index in [0.717, 1.165) is 12.8 Å². The van der Waals surface area contributed by atoms with Crippen LogP contribution in [0, 0.1) is 0 Å². The van der Waals surface area contributed by atoms with Gasteiger partial charge in [0.1, 0.15) is 0 Å². The van der Waals surface area contributed by atoms with Crippen LogP contribution in [0.4, 0.5) is 6.01 Å². The summed E-state index contributed by atoms with van der Waals surface area (Å²) in [5, 5.41) is 16.8. The first kappa shape index (κ1) is 15.0. The molecule has 2 rings (SSSR count). The number of nitrogens with zero attached hydrogens (tertiary/aromatic N) is 2. The third-order valence-corrected chi connectivity index (χ3v) is 3.88. The second-order valence-corrected chi connectivity index (χ2v) is 6.02. The summed E-state index contributed by atoms with van der Waals surface area (Å²) in [5.41, 5.74) is 0. The fraction of sp³-hybridized carbons (Fsp3) is 0.571. The summed E-state index contributed by atoms with van der Waals surface area (Å²) in [4.78, 5) is 1.30. The first-order valence-corrected chi connectivity index (χ1v) is 7.92. The van der Waals surface area contributed by atoms with Gasteiger partial charge in [-0.1, -0.05) is 38.4 Å². The summed E-state index contributed by atoms with van der Waals surface area (Å²) in [6.45, 7) is 6.95. The van der Waals surface area contributed by atoms with Crippen LogP contribution in [0.5, 0.6) is 0 Å². The highest BCUT2D eigenvalue weighted by Gasteiger charge is 2.15. The van der Waals surface area contributed by atoms with E-state index in [1.807, 2.05) is 0 Å². The van der Waals surface area contributed by atoms with E-state index in [-0.39, 0.29) is 6.04 Å². The molecular weight excluding hydrogens is 272 g/mol. The number of hydrogen-bond acceptors (Lipinski definition) is 6. The lowest BCUT2D eigenvalue weighted by Gasteiger charge is -2.14. The maximum atomic E-state index is 5.62. The van der Waals surface area contributed by atoms with Crippen molar-refractivity contribution in [2.24, 2.45) is 0 Å². The minimum Gasteiger partial charge on any atom is -0.407 e. The molecule has 0 amide bonds. The first-order chi connectivity index (χ1) is 9.69. The van der Waals surface area contributed by atoms with Crippen LogP contribution in [0.1, 0.15) is 50.4 Å². The van der Waals surface area contributed by atoms with Crippen molar-refractivity contribution in [2.75, 3.05) is 5.32 Å². The van der Waals surface area contributed by atoms with Gasteiger partial charge in [0.15, 0.2) is 0 Å². The zero-order valence-electron chi connectivity index (χ0n) is 12.2. The van der Waals surface area contributed by atoms with Crippen LogP contribution in [0.3, 0.4) is 0 Å². The van der Waals surface area contributed by atoms with E-state index >= 15 is 0 Å². The van der Waals surface area contributed by atoms with Crippen molar-refractivity contribution in [1.82, 2.24) is 15.5 Å². The standard InChI is InChI=1S/C14H22N4OS/c1-4-6-11(12-7-5-8-20-12)16-14-18-17-13(19-14)9-15-10(2)3/h5,7-8,10-11,15H,4,6,9H2,1-3H3,(H,16,18). The lowest BCUT2D eigenvalue weighted by molar-refractivity contribution is 0.454. The molecule has 6 heteroatoms. The van der Waals surface area contributed by atoms with Crippen LogP contribution in [0.15, 0.2) is 21.9 Å². The average Bonchev–Trinajstić information content (AvgIpc) is 3.07. The molecule has 20 heavy (non-hydrogen) atoms. The predicted molar refractivity (Wildman–Crippen MR) is 81.9 cm³/mol. The summed E-state index contributed by atoms with van der Waals surface area (Å²) < 4.78 is 5.62. The number of rotatable bonds is 8. The Kier molecular flexibility index (Phi) is 5.55. The monoisotopic (exact) mass is 294 g/mol. The minimum atomic E-state index is 0.242. The van der Waals surface area contributed by atoms with E-state index in [0.29, 0.717) is 24.5 Å². The van der Waals surface area contributed by atoms with E-state index in [4.69, 9.17) is 4.42 Å². The van der Waals surface area contributed by atoms with E-state index in [2.05, 4.69) is 59.1 Å². The Labute approximate surface area is 123 Å². The summed E-state index contributed by atoms with van der Waals surface area (Å²) in [5.74, 6) is 0.614. The zero-order valence-corrected chi connectivity index (χ0v) is 13.0. The quantitative estimate of drug-likeness (QED) is 0.779. The van der Waals surface area contributed by atoms with Crippen LogP contribution < -0.4 is 10.6 Å². The number of thiophene rings is 1. The molecule has 2 heterocycles. The summed E-state index contributed by atoms with van der Waals surface area (Å²) in [6.07, 6.45) is 2.15. The van der Waals surface area contributed by atoms with Crippen molar-refractivity contribution in [2.45, 2.75) is 52.2 Å². The topological polar surface area (TPSA) is 63.0 Å². The van der Waals surface area contributed by atoms with Crippen LogP contribution in [-0.4, -0.2) is 16.2 Å². The van der Waals surface area contributed by atoms with Crippen molar-refractivity contribution >= 4 is 17.4 Å². The van der Waals surface area contributed by atoms with Crippen molar-refractivity contribution in [3.05, 3.63) is 28.3 Å². The number of hydrogen-bond donors (Lipinski definition) is 2. The lowest BCUT2D eigenvalue weighted by atomic mass is 10.1. The molecule has 2 aromatic heterocycles. The predicted octanol–water partition coefficient (Wildman–Crippen LogP) is 3.58. The van der Waals surface area contributed by atoms with Gasteiger partial charge in [0.2, 0.25) is 5.89 Å².